The number of hydrogen-bond acceptors (Lipinski definition) is 3. The summed E-state index contributed by atoms with van der Waals surface area (Å²) in [7, 11) is 0. The molecule has 0 saturated carbocycles. The summed E-state index contributed by atoms with van der Waals surface area (Å²) >= 11 is 0. The second-order valence-electron chi connectivity index (χ2n) is 5.11. The largest absolute Gasteiger partial charge is 0.451 e. The third kappa shape index (κ3) is 3.85. The van der Waals surface area contributed by atoms with Crippen LogP contribution < -0.4 is 4.74 Å². The van der Waals surface area contributed by atoms with Crippen molar-refractivity contribution < 1.29 is 27.1 Å². The zero-order valence-electron chi connectivity index (χ0n) is 12.4. The number of carbonyl (C=O) groups is 1. The number of benzene rings is 1. The van der Waals surface area contributed by atoms with Crippen molar-refractivity contribution in [2.45, 2.75) is 20.3 Å². The van der Waals surface area contributed by atoms with Crippen LogP contribution in [0.5, 0.6) is 11.5 Å². The standard InChI is InChI=1S/C16H13F4NO2/c1-8(9(2)22)7-10-3-5-11(6-4-10)23-14-12(17)15(19)21-16(20)13(14)18/h3-6,8H,7H2,1-2H3. The molecule has 1 unspecified atom stereocenters. The molecule has 0 aliphatic carbocycles. The van der Waals surface area contributed by atoms with Crippen LogP contribution in [0.4, 0.5) is 17.6 Å². The van der Waals surface area contributed by atoms with E-state index in [0.29, 0.717) is 6.42 Å². The van der Waals surface area contributed by atoms with Gasteiger partial charge in [0.15, 0.2) is 0 Å². The van der Waals surface area contributed by atoms with Crippen molar-refractivity contribution >= 4 is 5.78 Å². The lowest BCUT2D eigenvalue weighted by atomic mass is 9.98. The smallest absolute Gasteiger partial charge is 0.255 e. The van der Waals surface area contributed by atoms with Crippen LogP contribution in [0.2, 0.25) is 0 Å². The second kappa shape index (κ2) is 6.76. The number of pyridine rings is 1. The summed E-state index contributed by atoms with van der Waals surface area (Å²) in [6, 6.07) is 5.96. The van der Waals surface area contributed by atoms with Crippen molar-refractivity contribution in [1.82, 2.24) is 4.98 Å². The summed E-state index contributed by atoms with van der Waals surface area (Å²) in [5.74, 6) is -8.32. The Morgan fingerprint density at radius 3 is 2.09 bits per heavy atom. The fourth-order valence-electron chi connectivity index (χ4n) is 1.87. The summed E-state index contributed by atoms with van der Waals surface area (Å²) in [6.45, 7) is 3.26. The van der Waals surface area contributed by atoms with Crippen LogP contribution >= 0.6 is 0 Å². The lowest BCUT2D eigenvalue weighted by molar-refractivity contribution is -0.120. The summed E-state index contributed by atoms with van der Waals surface area (Å²) in [6.07, 6.45) is 0.497. The average molecular weight is 327 g/mol. The molecular weight excluding hydrogens is 314 g/mol. The van der Waals surface area contributed by atoms with Crippen molar-refractivity contribution in [1.29, 1.82) is 0 Å². The van der Waals surface area contributed by atoms with Crippen molar-refractivity contribution in [3.63, 3.8) is 0 Å². The van der Waals surface area contributed by atoms with Crippen LogP contribution in [0.1, 0.15) is 19.4 Å². The van der Waals surface area contributed by atoms with E-state index in [1.807, 2.05) is 0 Å². The van der Waals surface area contributed by atoms with E-state index in [9.17, 15) is 22.4 Å². The number of rotatable bonds is 5. The fraction of sp³-hybridized carbons (Fsp3) is 0.250. The minimum Gasteiger partial charge on any atom is -0.451 e. The molecule has 7 heteroatoms. The summed E-state index contributed by atoms with van der Waals surface area (Å²) in [5, 5.41) is 0. The Hall–Kier alpha value is -2.44. The van der Waals surface area contributed by atoms with Crippen LogP contribution in [0.3, 0.4) is 0 Å². The number of nitrogens with zero attached hydrogens (tertiary/aromatic N) is 1. The maximum absolute atomic E-state index is 13.5. The predicted octanol–water partition coefficient (Wildman–Crippen LogP) is 4.20. The molecule has 2 rings (SSSR count). The molecule has 2 aromatic rings. The lowest BCUT2D eigenvalue weighted by Gasteiger charge is -2.10. The van der Waals surface area contributed by atoms with Crippen LogP contribution in [-0.4, -0.2) is 10.8 Å². The van der Waals surface area contributed by atoms with Gasteiger partial charge in [-0.25, -0.2) is 0 Å². The average Bonchev–Trinajstić information content (AvgIpc) is 2.51. The Bertz CT molecular complexity index is 706. The van der Waals surface area contributed by atoms with Gasteiger partial charge in [0.05, 0.1) is 0 Å². The highest BCUT2D eigenvalue weighted by Gasteiger charge is 2.22. The molecule has 0 spiro atoms. The van der Waals surface area contributed by atoms with E-state index in [4.69, 9.17) is 4.74 Å². The highest BCUT2D eigenvalue weighted by atomic mass is 19.2. The molecular formula is C16H13F4NO2. The second-order valence-corrected chi connectivity index (χ2v) is 5.11. The molecule has 122 valence electrons. The van der Waals surface area contributed by atoms with Gasteiger partial charge in [-0.05, 0) is 31.0 Å². The normalized spacial score (nSPS) is 12.1. The van der Waals surface area contributed by atoms with E-state index in [1.54, 1.807) is 19.1 Å². The van der Waals surface area contributed by atoms with Gasteiger partial charge in [0.25, 0.3) is 11.9 Å². The zero-order chi connectivity index (χ0) is 17.1. The maximum atomic E-state index is 13.5. The van der Waals surface area contributed by atoms with Gasteiger partial charge in [0.1, 0.15) is 11.5 Å². The molecule has 1 heterocycles. The third-order valence-corrected chi connectivity index (χ3v) is 3.34. The molecule has 0 amide bonds. The minimum atomic E-state index is -1.79. The molecule has 1 aromatic carbocycles. The summed E-state index contributed by atoms with van der Waals surface area (Å²) in [5.41, 5.74) is 0.813. The van der Waals surface area contributed by atoms with Crippen molar-refractivity contribution in [3.05, 3.63) is 53.4 Å². The zero-order valence-corrected chi connectivity index (χ0v) is 12.4. The van der Waals surface area contributed by atoms with Gasteiger partial charge >= 0.3 is 0 Å². The van der Waals surface area contributed by atoms with Crippen LogP contribution in [0, 0.1) is 29.4 Å². The summed E-state index contributed by atoms with van der Waals surface area (Å²) < 4.78 is 57.8. The maximum Gasteiger partial charge on any atom is 0.255 e. The topological polar surface area (TPSA) is 39.2 Å². The first kappa shape index (κ1) is 16.9. The van der Waals surface area contributed by atoms with Gasteiger partial charge in [0.2, 0.25) is 17.4 Å². The van der Waals surface area contributed by atoms with E-state index < -0.39 is 29.3 Å². The van der Waals surface area contributed by atoms with Gasteiger partial charge in [-0.2, -0.15) is 22.5 Å². The molecule has 0 aliphatic rings. The fourth-order valence-corrected chi connectivity index (χ4v) is 1.87. The number of aromatic nitrogens is 1. The quantitative estimate of drug-likeness (QED) is 0.610. The number of ether oxygens (including phenoxy) is 1. The lowest BCUT2D eigenvalue weighted by Crippen LogP contribution is -2.09. The first-order chi connectivity index (χ1) is 10.8. The molecule has 3 nitrogen and oxygen atoms in total. The number of ketones is 1. The monoisotopic (exact) mass is 327 g/mol. The van der Waals surface area contributed by atoms with Crippen LogP contribution in [-0.2, 0) is 11.2 Å². The van der Waals surface area contributed by atoms with E-state index in [1.165, 1.54) is 19.1 Å². The molecule has 0 bridgehead atoms. The van der Waals surface area contributed by atoms with Gasteiger partial charge < -0.3 is 4.74 Å². The molecule has 1 atom stereocenters. The van der Waals surface area contributed by atoms with Crippen LogP contribution in [0.15, 0.2) is 24.3 Å². The molecule has 1 aromatic heterocycles. The number of carbonyl (C=O) groups excluding carboxylic acids is 1. The van der Waals surface area contributed by atoms with Gasteiger partial charge in [-0.3, -0.25) is 4.79 Å². The van der Waals surface area contributed by atoms with Crippen molar-refractivity contribution in [2.24, 2.45) is 5.92 Å². The Labute approximate surface area is 129 Å². The molecule has 0 fully saturated rings. The Morgan fingerprint density at radius 2 is 1.61 bits per heavy atom. The molecule has 0 N–H and O–H groups in total. The summed E-state index contributed by atoms with van der Waals surface area (Å²) in [4.78, 5) is 13.7. The van der Waals surface area contributed by atoms with Gasteiger partial charge in [0, 0.05) is 5.92 Å². The highest BCUT2D eigenvalue weighted by molar-refractivity contribution is 5.78. The number of halogens is 4. The predicted molar refractivity (Wildman–Crippen MR) is 74.1 cm³/mol. The van der Waals surface area contributed by atoms with Gasteiger partial charge in [-0.15, -0.1) is 0 Å². The molecule has 0 saturated heterocycles. The molecule has 0 aliphatic heterocycles. The molecule has 23 heavy (non-hydrogen) atoms. The molecule has 0 radical (unpaired) electrons. The minimum absolute atomic E-state index is 0.00738. The highest BCUT2D eigenvalue weighted by Crippen LogP contribution is 2.29. The third-order valence-electron chi connectivity index (χ3n) is 3.34. The van der Waals surface area contributed by atoms with Crippen molar-refractivity contribution in [3.8, 4) is 11.5 Å². The first-order valence-corrected chi connectivity index (χ1v) is 6.76. The van der Waals surface area contributed by atoms with E-state index in [-0.39, 0.29) is 17.5 Å². The number of hydrogen-bond donors (Lipinski definition) is 0. The van der Waals surface area contributed by atoms with Crippen molar-refractivity contribution in [2.75, 3.05) is 0 Å². The van der Waals surface area contributed by atoms with Crippen LogP contribution in [0.25, 0.3) is 0 Å². The van der Waals surface area contributed by atoms with Gasteiger partial charge in [-0.1, -0.05) is 19.1 Å². The Kier molecular flexibility index (Phi) is 4.98. The van der Waals surface area contributed by atoms with E-state index in [2.05, 4.69) is 4.98 Å². The number of Topliss-reactive ketones (excluding diaryl/α,β-unsaturated/α-hetero) is 1. The Balaban J connectivity index is 2.21. The SMILES string of the molecule is CC(=O)C(C)Cc1ccc(Oc2c(F)c(F)nc(F)c2F)cc1. The Morgan fingerprint density at radius 1 is 1.09 bits per heavy atom. The van der Waals surface area contributed by atoms with E-state index >= 15 is 0 Å². The first-order valence-electron chi connectivity index (χ1n) is 6.76. The van der Waals surface area contributed by atoms with E-state index in [0.717, 1.165) is 5.56 Å².